The van der Waals surface area contributed by atoms with E-state index >= 15 is 0 Å². The highest BCUT2D eigenvalue weighted by Gasteiger charge is 2.43. The number of carbonyl (C=O) groups excluding carboxylic acids is 3. The van der Waals surface area contributed by atoms with E-state index in [-0.39, 0.29) is 17.2 Å². The number of carbonyl (C=O) groups is 3. The quantitative estimate of drug-likeness (QED) is 0.796. The summed E-state index contributed by atoms with van der Waals surface area (Å²) >= 11 is 0. The van der Waals surface area contributed by atoms with Gasteiger partial charge in [-0.25, -0.2) is 4.79 Å². The van der Waals surface area contributed by atoms with Crippen LogP contribution in [0.4, 0.5) is 0 Å². The summed E-state index contributed by atoms with van der Waals surface area (Å²) in [5.74, 6) is -2.19. The summed E-state index contributed by atoms with van der Waals surface area (Å²) in [7, 11) is 1.95. The van der Waals surface area contributed by atoms with Gasteiger partial charge >= 0.3 is 5.97 Å². The summed E-state index contributed by atoms with van der Waals surface area (Å²) in [5.41, 5.74) is 1.53. The fraction of sp³-hybridized carbons (Fsp3) is 0.250. The summed E-state index contributed by atoms with van der Waals surface area (Å²) in [6, 6.07) is 16.0. The first-order chi connectivity index (χ1) is 12.6. The molecule has 1 saturated heterocycles. The lowest BCUT2D eigenvalue weighted by atomic mass is 9.94. The van der Waals surface area contributed by atoms with Crippen LogP contribution in [0.1, 0.15) is 38.7 Å². The zero-order valence-corrected chi connectivity index (χ0v) is 14.3. The first kappa shape index (κ1) is 16.5. The molecule has 0 aromatic heterocycles. The summed E-state index contributed by atoms with van der Waals surface area (Å²) < 4.78 is 0. The highest BCUT2D eigenvalue weighted by molar-refractivity contribution is 6.20. The molecule has 2 aromatic carbocycles. The van der Waals surface area contributed by atoms with E-state index < -0.39 is 23.7 Å². The normalized spacial score (nSPS) is 22.6. The average Bonchev–Trinajstić information content (AvgIpc) is 3.16. The zero-order valence-electron chi connectivity index (χ0n) is 14.3. The van der Waals surface area contributed by atoms with E-state index in [2.05, 4.69) is 4.90 Å². The molecule has 132 valence electrons. The van der Waals surface area contributed by atoms with Gasteiger partial charge in [-0.1, -0.05) is 47.5 Å². The van der Waals surface area contributed by atoms with Gasteiger partial charge in [-0.05, 0) is 37.7 Å². The summed E-state index contributed by atoms with van der Waals surface area (Å²) in [5, 5.41) is 0.591. The minimum Gasteiger partial charge on any atom is -0.329 e. The molecule has 0 bridgehead atoms. The molecule has 26 heavy (non-hydrogen) atoms. The van der Waals surface area contributed by atoms with Crippen molar-refractivity contribution in [3.8, 4) is 0 Å². The Hall–Kier alpha value is -2.99. The van der Waals surface area contributed by atoms with Crippen molar-refractivity contribution >= 4 is 17.8 Å². The second-order valence-corrected chi connectivity index (χ2v) is 6.59. The number of hydrogen-bond acceptors (Lipinski definition) is 5. The van der Waals surface area contributed by atoms with Crippen LogP contribution in [0, 0.1) is 5.92 Å². The Labute approximate surface area is 150 Å². The second kappa shape index (κ2) is 6.38. The predicted molar refractivity (Wildman–Crippen MR) is 93.0 cm³/mol. The summed E-state index contributed by atoms with van der Waals surface area (Å²) in [6.07, 6.45) is 0.609. The van der Waals surface area contributed by atoms with Crippen molar-refractivity contribution in [3.05, 3.63) is 71.3 Å². The van der Waals surface area contributed by atoms with Gasteiger partial charge in [0, 0.05) is 6.04 Å². The second-order valence-electron chi connectivity index (χ2n) is 6.59. The minimum atomic E-state index is -0.596. The molecule has 0 aliphatic carbocycles. The third-order valence-corrected chi connectivity index (χ3v) is 5.03. The number of hydrogen-bond donors (Lipinski definition) is 0. The lowest BCUT2D eigenvalue weighted by Crippen LogP contribution is -2.36. The van der Waals surface area contributed by atoms with Gasteiger partial charge in [-0.15, -0.1) is 0 Å². The first-order valence-electron chi connectivity index (χ1n) is 8.52. The van der Waals surface area contributed by atoms with E-state index in [4.69, 9.17) is 4.84 Å². The predicted octanol–water partition coefficient (Wildman–Crippen LogP) is 2.43. The maximum absolute atomic E-state index is 12.8. The van der Waals surface area contributed by atoms with Crippen molar-refractivity contribution in [2.24, 2.45) is 5.92 Å². The Kier molecular flexibility index (Phi) is 4.05. The van der Waals surface area contributed by atoms with Gasteiger partial charge in [0.05, 0.1) is 17.0 Å². The van der Waals surface area contributed by atoms with Gasteiger partial charge < -0.3 is 4.84 Å². The van der Waals surface area contributed by atoms with Gasteiger partial charge in [-0.2, -0.15) is 0 Å². The highest BCUT2D eigenvalue weighted by atomic mass is 16.7. The van der Waals surface area contributed by atoms with E-state index in [0.717, 1.165) is 12.1 Å². The molecule has 2 amide bonds. The number of nitrogens with zero attached hydrogens (tertiary/aromatic N) is 2. The lowest BCUT2D eigenvalue weighted by molar-refractivity contribution is -0.174. The van der Waals surface area contributed by atoms with Crippen molar-refractivity contribution in [2.75, 3.05) is 13.6 Å². The topological polar surface area (TPSA) is 66.9 Å². The third kappa shape index (κ3) is 2.59. The maximum Gasteiger partial charge on any atom is 0.338 e. The number of amides is 2. The number of hydroxylamine groups is 2. The zero-order chi connectivity index (χ0) is 18.3. The Bertz CT molecular complexity index is 845. The molecule has 6 heteroatoms. The number of fused-ring (bicyclic) bond motifs is 1. The van der Waals surface area contributed by atoms with Crippen LogP contribution in [0.25, 0.3) is 0 Å². The van der Waals surface area contributed by atoms with E-state index in [1.165, 1.54) is 0 Å². The van der Waals surface area contributed by atoms with Crippen molar-refractivity contribution in [1.82, 2.24) is 9.96 Å². The SMILES string of the molecule is CN1CC[C@@H](C(=O)ON2C(=O)c3ccccc3C2=O)[C@H]1c1ccccc1. The lowest BCUT2D eigenvalue weighted by Gasteiger charge is -2.25. The minimum absolute atomic E-state index is 0.140. The molecule has 4 rings (SSSR count). The van der Waals surface area contributed by atoms with Crippen LogP contribution in [0.5, 0.6) is 0 Å². The van der Waals surface area contributed by atoms with Gasteiger partial charge in [0.2, 0.25) is 0 Å². The first-order valence-corrected chi connectivity index (χ1v) is 8.52. The molecule has 2 aromatic rings. The molecular formula is C20H18N2O4. The van der Waals surface area contributed by atoms with E-state index in [9.17, 15) is 14.4 Å². The maximum atomic E-state index is 12.8. The van der Waals surface area contributed by atoms with Gasteiger partial charge in [0.15, 0.2) is 0 Å². The van der Waals surface area contributed by atoms with E-state index in [1.54, 1.807) is 24.3 Å². The molecule has 0 saturated carbocycles. The summed E-state index contributed by atoms with van der Waals surface area (Å²) in [6.45, 7) is 0.738. The van der Waals surface area contributed by atoms with Gasteiger partial charge in [0.1, 0.15) is 0 Å². The number of benzene rings is 2. The van der Waals surface area contributed by atoms with E-state index in [1.807, 2.05) is 37.4 Å². The summed E-state index contributed by atoms with van der Waals surface area (Å²) in [4.78, 5) is 44.9. The van der Waals surface area contributed by atoms with Crippen molar-refractivity contribution in [2.45, 2.75) is 12.5 Å². The van der Waals surface area contributed by atoms with Crippen LogP contribution in [0.3, 0.4) is 0 Å². The fourth-order valence-electron chi connectivity index (χ4n) is 3.74. The molecule has 2 heterocycles. The van der Waals surface area contributed by atoms with Crippen LogP contribution in [0.2, 0.25) is 0 Å². The van der Waals surface area contributed by atoms with Gasteiger partial charge in [0.25, 0.3) is 11.8 Å². The number of imide groups is 1. The molecule has 2 aliphatic rings. The standard InChI is InChI=1S/C20H18N2O4/c1-21-12-11-16(17(21)13-7-3-2-4-8-13)20(25)26-22-18(23)14-9-5-6-10-15(14)19(22)24/h2-10,16-17H,11-12H2,1H3/t16-,17-/m1/s1. The van der Waals surface area contributed by atoms with Crippen molar-refractivity contribution in [3.63, 3.8) is 0 Å². The number of likely N-dealkylation sites (tertiary alicyclic amines) is 1. The molecule has 0 spiro atoms. The van der Waals surface area contributed by atoms with Crippen LogP contribution in [0.15, 0.2) is 54.6 Å². The molecular weight excluding hydrogens is 332 g/mol. The molecule has 0 unspecified atom stereocenters. The highest BCUT2D eigenvalue weighted by Crippen LogP contribution is 2.37. The van der Waals surface area contributed by atoms with Crippen LogP contribution in [-0.4, -0.2) is 41.3 Å². The van der Waals surface area contributed by atoms with Crippen molar-refractivity contribution < 1.29 is 19.2 Å². The molecule has 0 N–H and O–H groups in total. The molecule has 0 radical (unpaired) electrons. The van der Waals surface area contributed by atoms with Crippen molar-refractivity contribution in [1.29, 1.82) is 0 Å². The van der Waals surface area contributed by atoms with Crippen LogP contribution < -0.4 is 0 Å². The Balaban J connectivity index is 1.55. The Morgan fingerprint density at radius 2 is 1.54 bits per heavy atom. The Morgan fingerprint density at radius 1 is 0.962 bits per heavy atom. The van der Waals surface area contributed by atoms with E-state index in [0.29, 0.717) is 11.5 Å². The Morgan fingerprint density at radius 3 is 2.15 bits per heavy atom. The monoisotopic (exact) mass is 350 g/mol. The average molecular weight is 350 g/mol. The van der Waals surface area contributed by atoms with Crippen LogP contribution in [-0.2, 0) is 9.63 Å². The fourth-order valence-corrected chi connectivity index (χ4v) is 3.74. The van der Waals surface area contributed by atoms with Crippen LogP contribution >= 0.6 is 0 Å². The largest absolute Gasteiger partial charge is 0.338 e. The molecule has 1 fully saturated rings. The molecule has 2 atom stereocenters. The smallest absolute Gasteiger partial charge is 0.329 e. The third-order valence-electron chi connectivity index (χ3n) is 5.03. The molecule has 2 aliphatic heterocycles. The van der Waals surface area contributed by atoms with Gasteiger partial charge in [-0.3, -0.25) is 14.5 Å². The molecule has 6 nitrogen and oxygen atoms in total. The number of rotatable bonds is 3.